The molecule has 0 saturated heterocycles. The molecular weight excluding hydrogens is 357 g/mol. The molecule has 0 heterocycles. The Kier molecular flexibility index (Phi) is 23.2. The van der Waals surface area contributed by atoms with E-state index < -0.39 is 5.97 Å². The summed E-state index contributed by atoms with van der Waals surface area (Å²) in [5, 5.41) is 11.1. The van der Waals surface area contributed by atoms with Crippen molar-refractivity contribution in [3.05, 3.63) is 24.3 Å². The molecule has 28 heavy (non-hydrogen) atoms. The third-order valence-corrected chi connectivity index (χ3v) is 4.87. The molecule has 0 bridgehead atoms. The summed E-state index contributed by atoms with van der Waals surface area (Å²) in [5.74, 6) is 0.0839. The van der Waals surface area contributed by atoms with E-state index in [2.05, 4.69) is 56.9 Å². The van der Waals surface area contributed by atoms with Crippen molar-refractivity contribution in [2.75, 3.05) is 19.6 Å². The monoisotopic (exact) mass is 401 g/mol. The molecule has 3 nitrogen and oxygen atoms in total. The molecule has 4 heteroatoms. The van der Waals surface area contributed by atoms with Crippen LogP contribution in [0.25, 0.3) is 0 Å². The maximum atomic E-state index is 11.1. The maximum absolute atomic E-state index is 11.1. The minimum Gasteiger partial charge on any atom is -0.549 e. The molecule has 0 spiro atoms. The van der Waals surface area contributed by atoms with Gasteiger partial charge in [-0.15, -0.1) is 0 Å². The molecule has 0 aliphatic heterocycles. The van der Waals surface area contributed by atoms with E-state index in [9.17, 15) is 9.90 Å². The summed E-state index contributed by atoms with van der Waals surface area (Å²) in [4.78, 5) is 13.2. The number of hydrogen-bond donors (Lipinski definition) is 0. The van der Waals surface area contributed by atoms with Crippen LogP contribution in [0, 0.1) is 11.8 Å². The van der Waals surface area contributed by atoms with Gasteiger partial charge in [-0.05, 0) is 63.2 Å². The van der Waals surface area contributed by atoms with Gasteiger partial charge < -0.3 is 9.90 Å². The molecule has 0 amide bonds. The van der Waals surface area contributed by atoms with Gasteiger partial charge in [0, 0.05) is 19.6 Å². The first-order valence-electron chi connectivity index (χ1n) is 11.2. The second-order valence-corrected chi connectivity index (χ2v) is 8.16. The van der Waals surface area contributed by atoms with E-state index in [0.29, 0.717) is 11.8 Å². The molecule has 0 aromatic rings. The molecule has 0 rings (SSSR count). The van der Waals surface area contributed by atoms with Crippen LogP contribution in [-0.4, -0.2) is 30.5 Å². The summed E-state index contributed by atoms with van der Waals surface area (Å²) in [5.41, 5.74) is 0. The number of carboxylic acid groups (broad SMARTS) is 1. The summed E-state index contributed by atoms with van der Waals surface area (Å²) in [6.07, 6.45) is 20.8. The Morgan fingerprint density at radius 3 is 1.57 bits per heavy atom. The number of aliphatic carboxylic acids is 1. The fraction of sp³-hybridized carbons (Fsp3) is 0.792. The van der Waals surface area contributed by atoms with Crippen LogP contribution in [-0.2, 0) is 4.79 Å². The van der Waals surface area contributed by atoms with E-state index in [0.717, 1.165) is 38.8 Å². The molecule has 0 aromatic carbocycles. The molecule has 158 valence electrons. The average molecular weight is 402 g/mol. The zero-order chi connectivity index (χ0) is 20.3. The Labute approximate surface area is 197 Å². The molecule has 0 radical (unpaired) electrons. The largest absolute Gasteiger partial charge is 1.00 e. The third-order valence-electron chi connectivity index (χ3n) is 4.87. The number of carbonyl (C=O) groups is 1. The van der Waals surface area contributed by atoms with Gasteiger partial charge in [-0.2, -0.15) is 0 Å². The van der Waals surface area contributed by atoms with E-state index >= 15 is 0 Å². The first kappa shape index (κ1) is 30.1. The molecule has 0 aromatic heterocycles. The number of allylic oxidation sites excluding steroid dienone is 4. The summed E-state index contributed by atoms with van der Waals surface area (Å²) < 4.78 is 0. The van der Waals surface area contributed by atoms with Crippen molar-refractivity contribution >= 4 is 5.97 Å². The van der Waals surface area contributed by atoms with E-state index in [1.165, 1.54) is 38.5 Å². The van der Waals surface area contributed by atoms with Crippen LogP contribution in [0.3, 0.4) is 0 Å². The SMILES string of the molecule is CCC/C=C/CCCC(C)CN(CC(=O)[O-])CC(C)CCC/C=C/CCC.[Na+]. The summed E-state index contributed by atoms with van der Waals surface area (Å²) in [6.45, 7) is 10.6. The van der Waals surface area contributed by atoms with Crippen molar-refractivity contribution in [1.82, 2.24) is 4.90 Å². The summed E-state index contributed by atoms with van der Waals surface area (Å²) in [7, 11) is 0. The van der Waals surface area contributed by atoms with Gasteiger partial charge in [-0.25, -0.2) is 0 Å². The molecule has 0 N–H and O–H groups in total. The number of unbranched alkanes of at least 4 members (excludes halogenated alkanes) is 4. The number of carbonyl (C=O) groups excluding carboxylic acids is 1. The van der Waals surface area contributed by atoms with Crippen LogP contribution in [0.4, 0.5) is 0 Å². The van der Waals surface area contributed by atoms with Crippen LogP contribution in [0.2, 0.25) is 0 Å². The fourth-order valence-corrected chi connectivity index (χ4v) is 3.42. The van der Waals surface area contributed by atoms with E-state index in [-0.39, 0.29) is 36.1 Å². The molecule has 0 aliphatic carbocycles. The average Bonchev–Trinajstić information content (AvgIpc) is 2.60. The Morgan fingerprint density at radius 2 is 1.21 bits per heavy atom. The van der Waals surface area contributed by atoms with Crippen molar-refractivity contribution < 1.29 is 39.5 Å². The van der Waals surface area contributed by atoms with Crippen LogP contribution >= 0.6 is 0 Å². The topological polar surface area (TPSA) is 43.4 Å². The number of carboxylic acids is 1. The summed E-state index contributed by atoms with van der Waals surface area (Å²) in [6, 6.07) is 0. The Balaban J connectivity index is 0. The van der Waals surface area contributed by atoms with Crippen LogP contribution in [0.1, 0.15) is 91.9 Å². The van der Waals surface area contributed by atoms with Crippen LogP contribution in [0.15, 0.2) is 24.3 Å². The molecule has 0 saturated carbocycles. The fourth-order valence-electron chi connectivity index (χ4n) is 3.42. The second-order valence-electron chi connectivity index (χ2n) is 8.16. The molecule has 0 fully saturated rings. The first-order chi connectivity index (χ1) is 13.0. The normalized spacial score (nSPS) is 13.9. The van der Waals surface area contributed by atoms with Gasteiger partial charge in [0.25, 0.3) is 0 Å². The zero-order valence-corrected chi connectivity index (χ0v) is 21.4. The van der Waals surface area contributed by atoms with Crippen LogP contribution < -0.4 is 34.7 Å². The van der Waals surface area contributed by atoms with Crippen molar-refractivity contribution in [1.29, 1.82) is 0 Å². The third kappa shape index (κ3) is 20.6. The van der Waals surface area contributed by atoms with E-state index in [1.54, 1.807) is 0 Å². The summed E-state index contributed by atoms with van der Waals surface area (Å²) >= 11 is 0. The predicted molar refractivity (Wildman–Crippen MR) is 116 cm³/mol. The van der Waals surface area contributed by atoms with Gasteiger partial charge in [0.15, 0.2) is 0 Å². The van der Waals surface area contributed by atoms with Crippen LogP contribution in [0.5, 0.6) is 0 Å². The first-order valence-corrected chi connectivity index (χ1v) is 11.2. The van der Waals surface area contributed by atoms with Gasteiger partial charge in [-0.3, -0.25) is 4.90 Å². The minimum atomic E-state index is -0.959. The smallest absolute Gasteiger partial charge is 0.549 e. The van der Waals surface area contributed by atoms with Crippen molar-refractivity contribution in [2.45, 2.75) is 91.9 Å². The predicted octanol–water partition coefficient (Wildman–Crippen LogP) is 2.37. The van der Waals surface area contributed by atoms with Gasteiger partial charge in [0.05, 0.1) is 5.97 Å². The van der Waals surface area contributed by atoms with Crippen molar-refractivity contribution in [3.63, 3.8) is 0 Å². The minimum absolute atomic E-state index is 0. The molecular formula is C24H44NNaO2. The Morgan fingerprint density at radius 1 is 0.821 bits per heavy atom. The molecule has 0 aliphatic rings. The second kappa shape index (κ2) is 21.6. The standard InChI is InChI=1S/C24H45NO2.Na/c1-5-7-9-11-13-15-17-22(3)19-25(21-24(26)27)20-23(4)18-16-14-12-10-8-6-2;/h9-12,22-23H,5-8,13-21H2,1-4H3,(H,26,27);/q;+1/p-1/b11-9+,12-10+;. The maximum Gasteiger partial charge on any atom is 1.00 e. The zero-order valence-electron chi connectivity index (χ0n) is 19.4. The molecule has 2 atom stereocenters. The Hall–Kier alpha value is -0.0900. The van der Waals surface area contributed by atoms with Crippen molar-refractivity contribution in [2.24, 2.45) is 11.8 Å². The number of nitrogens with zero attached hydrogens (tertiary/aromatic N) is 1. The van der Waals surface area contributed by atoms with Gasteiger partial charge in [0.2, 0.25) is 0 Å². The van der Waals surface area contributed by atoms with Crippen molar-refractivity contribution in [3.8, 4) is 0 Å². The number of hydrogen-bond acceptors (Lipinski definition) is 3. The Bertz CT molecular complexity index is 379. The number of rotatable bonds is 18. The van der Waals surface area contributed by atoms with E-state index in [1.807, 2.05) is 0 Å². The quantitative estimate of drug-likeness (QED) is 0.201. The molecule has 2 unspecified atom stereocenters. The van der Waals surface area contributed by atoms with E-state index in [4.69, 9.17) is 0 Å². The van der Waals surface area contributed by atoms with Gasteiger partial charge in [0.1, 0.15) is 0 Å². The van der Waals surface area contributed by atoms with Gasteiger partial charge >= 0.3 is 29.6 Å². The van der Waals surface area contributed by atoms with Gasteiger partial charge in [-0.1, -0.05) is 64.8 Å².